The van der Waals surface area contributed by atoms with Crippen LogP contribution in [0.1, 0.15) is 0 Å². The summed E-state index contributed by atoms with van der Waals surface area (Å²) in [6.45, 7) is 17.0. The largest absolute Gasteiger partial charge is 2.00 e. The average Bonchev–Trinajstić information content (AvgIpc) is 1.60. The van der Waals surface area contributed by atoms with Gasteiger partial charge in [-0.3, -0.25) is 0 Å². The Morgan fingerprint density at radius 1 is 0.215 bits per heavy atom. The number of fused-ring (bicyclic) bond motifs is 20. The van der Waals surface area contributed by atoms with Crippen LogP contribution in [0.2, 0.25) is 0 Å². The quantitative estimate of drug-likeness (QED) is 0.135. The molecule has 0 saturated carbocycles. The molecular formula is C84H112N8O28Zn. The molecule has 0 N–H and O–H groups in total. The molecule has 0 amide bonds. The Hall–Kier alpha value is -6.90. The van der Waals surface area contributed by atoms with Crippen LogP contribution in [0.3, 0.4) is 0 Å². The molecule has 0 aliphatic carbocycles. The first-order chi connectivity index (χ1) is 59.6. The van der Waals surface area contributed by atoms with Crippen LogP contribution in [0.25, 0.3) is 89.7 Å². The van der Waals surface area contributed by atoms with Crippen molar-refractivity contribution in [3.63, 3.8) is 0 Å². The smallest absolute Gasteiger partial charge is 0.491 e. The predicted molar refractivity (Wildman–Crippen MR) is 431 cm³/mol. The number of hydrogen-bond donors (Lipinski definition) is 0. The Balaban J connectivity index is 0.0000134. The molecule has 36 nitrogen and oxygen atoms in total. The topological polar surface area (TPSA) is 364 Å². The number of hydrogen-bond acceptors (Lipinski definition) is 34. The first kappa shape index (κ1) is 93.3. The zero-order chi connectivity index (χ0) is 81.7. The summed E-state index contributed by atoms with van der Waals surface area (Å²) < 4.78 is 168. The molecular weight excluding hydrogens is 1630 g/mol. The van der Waals surface area contributed by atoms with Crippen molar-refractivity contribution in [2.24, 2.45) is 0 Å². The van der Waals surface area contributed by atoms with Gasteiger partial charge in [-0.05, 0) is 94.3 Å². The third-order valence-electron chi connectivity index (χ3n) is 18.8. The Morgan fingerprint density at radius 3 is 0.711 bits per heavy atom. The number of nitrogens with zero attached hydrogens (tertiary/aromatic N) is 8. The van der Waals surface area contributed by atoms with Crippen molar-refractivity contribution in [1.29, 1.82) is 0 Å². The Bertz CT molecular complexity index is 4220. The second-order valence-corrected chi connectivity index (χ2v) is 27.6. The maximum Gasteiger partial charge on any atom is 2.00 e. The summed E-state index contributed by atoms with van der Waals surface area (Å²) >= 11 is 0. The van der Waals surface area contributed by atoms with E-state index >= 15 is 0 Å². The fourth-order valence-corrected chi connectivity index (χ4v) is 12.7. The standard InChI is InChI=1S/C84H112N8O28.Zn/c1-5-69-73(49-61(1)117-57-65-53-109-37-33-101-21-17-93-9-13-97-25-29-105-41-45-113-65)81-85-77(69)89-82-74-50-62(118-58-66-54-110-38-34-102-22-18-94-10-14-98-26-30-106-42-46-114-66)2-6-70(74)79(86-82)91-84-76-52-64(120-60-68-56-112-40-36-104-24-20-96-12-16-100-28-32-108-44-48-116-68)4-8-72(76)80(88-84)92-83-75-51-63(3-7-71(75)78(87-83)90-81)119-59-67-55-111-39-35-103-23-19-95-11-15-99-27-31-107-43-47-115-67;/h1-8,49-52,65-68H,9-48,53-60H2;/q-2;+2. The van der Waals surface area contributed by atoms with E-state index in [1.807, 2.05) is 72.8 Å². The summed E-state index contributed by atoms with van der Waals surface area (Å²) in [7, 11) is 0. The van der Waals surface area contributed by atoms with Gasteiger partial charge in [-0.1, -0.05) is 0 Å². The van der Waals surface area contributed by atoms with Crippen LogP contribution in [0.5, 0.6) is 23.0 Å². The number of benzene rings is 4. The van der Waals surface area contributed by atoms with Gasteiger partial charge in [0.2, 0.25) is 0 Å². The van der Waals surface area contributed by atoms with Crippen molar-refractivity contribution in [2.45, 2.75) is 24.4 Å². The van der Waals surface area contributed by atoms with E-state index in [9.17, 15) is 0 Å². The van der Waals surface area contributed by atoms with Gasteiger partial charge in [0.15, 0.2) is 11.6 Å². The maximum atomic E-state index is 6.62. The molecule has 37 heteroatoms. The van der Waals surface area contributed by atoms with E-state index in [4.69, 9.17) is 173 Å². The van der Waals surface area contributed by atoms with Crippen LogP contribution in [0.4, 0.5) is 0 Å². The second-order valence-electron chi connectivity index (χ2n) is 27.6. The molecule has 4 unspecified atom stereocenters. The third-order valence-corrected chi connectivity index (χ3v) is 18.8. The van der Waals surface area contributed by atoms with E-state index in [1.165, 1.54) is 0 Å². The molecule has 8 bridgehead atoms. The zero-order valence-corrected chi connectivity index (χ0v) is 71.9. The molecule has 0 spiro atoms. The molecule has 6 aliphatic rings. The van der Waals surface area contributed by atoms with E-state index in [2.05, 4.69) is 0 Å². The summed E-state index contributed by atoms with van der Waals surface area (Å²) in [5.74, 6) is 3.09. The van der Waals surface area contributed by atoms with E-state index < -0.39 is 24.4 Å². The van der Waals surface area contributed by atoms with Crippen LogP contribution in [0.15, 0.2) is 72.8 Å². The van der Waals surface area contributed by atoms with Crippen molar-refractivity contribution in [3.05, 3.63) is 72.8 Å². The molecule has 121 heavy (non-hydrogen) atoms. The third kappa shape index (κ3) is 31.9. The molecule has 4 fully saturated rings. The molecule has 4 saturated heterocycles. The molecule has 0 radical (unpaired) electrons. The van der Waals surface area contributed by atoms with Crippen molar-refractivity contribution in [3.8, 4) is 68.5 Å². The summed E-state index contributed by atoms with van der Waals surface area (Å²) in [6.07, 6.45) is -1.99. The van der Waals surface area contributed by atoms with Crippen molar-refractivity contribution in [2.75, 3.05) is 317 Å². The molecule has 9 heterocycles. The van der Waals surface area contributed by atoms with E-state index in [0.29, 0.717) is 305 Å². The van der Waals surface area contributed by atoms with Gasteiger partial charge in [-0.25, -0.2) is 15.0 Å². The average molecular weight is 1750 g/mol. The summed E-state index contributed by atoms with van der Waals surface area (Å²) in [6, 6.07) is 22.5. The normalized spacial score (nSPS) is 22.0. The van der Waals surface area contributed by atoms with Gasteiger partial charge in [0.05, 0.1) is 302 Å². The summed E-state index contributed by atoms with van der Waals surface area (Å²) in [4.78, 5) is 42.4. The first-order valence-electron chi connectivity index (χ1n) is 41.4. The van der Waals surface area contributed by atoms with Gasteiger partial charge in [-0.15, -0.1) is 0 Å². The Morgan fingerprint density at radius 2 is 0.421 bits per heavy atom. The molecule has 4 aromatic carbocycles. The number of rotatable bonds is 12. The summed E-state index contributed by atoms with van der Waals surface area (Å²) in [5.41, 5.74) is 3.55. The zero-order valence-electron chi connectivity index (χ0n) is 68.9. The van der Waals surface area contributed by atoms with Crippen LogP contribution >= 0.6 is 0 Å². The van der Waals surface area contributed by atoms with Crippen LogP contribution < -0.4 is 28.9 Å². The predicted octanol–water partition coefficient (Wildman–Crippen LogP) is 5.57. The fourth-order valence-electron chi connectivity index (χ4n) is 12.7. The minimum Gasteiger partial charge on any atom is -0.491 e. The van der Waals surface area contributed by atoms with Crippen molar-refractivity contribution >= 4 is 44.1 Å². The molecule has 3 aromatic heterocycles. The first-order valence-corrected chi connectivity index (χ1v) is 41.4. The van der Waals surface area contributed by atoms with Gasteiger partial charge >= 0.3 is 19.5 Å². The Kier molecular flexibility index (Phi) is 42.2. The van der Waals surface area contributed by atoms with Gasteiger partial charge in [-0.2, -0.15) is 0 Å². The second kappa shape index (κ2) is 54.8. The number of aromatic nitrogens is 8. The van der Waals surface area contributed by atoms with Gasteiger partial charge in [0, 0.05) is 44.8 Å². The van der Waals surface area contributed by atoms with Crippen LogP contribution in [0, 0.1) is 0 Å². The van der Waals surface area contributed by atoms with Crippen molar-refractivity contribution < 1.29 is 152 Å². The van der Waals surface area contributed by atoms with E-state index in [1.54, 1.807) is 0 Å². The summed E-state index contributed by atoms with van der Waals surface area (Å²) in [5, 5.41) is 2.42. The van der Waals surface area contributed by atoms with Gasteiger partial charge in [0.1, 0.15) is 73.8 Å². The minimum atomic E-state index is -0.498. The van der Waals surface area contributed by atoms with Gasteiger partial charge < -0.3 is 158 Å². The molecule has 4 atom stereocenters. The SMILES string of the molecule is [Zn+2].c1cc2c(cc1OCC1COCCOCCOCCOCCOCCO1)-c1nc3nc(nc4[n-]c(nc5[n-]c(nc-2n1)c1cc(OCC2COCCOCCOCCOCCOCCO2)ccc51)c1cc(OCC2COCCOCCOCCOCCOCCO2)ccc41)-c1cc(OCC2COCCOCCOCCOCCOCCO2)ccc1-3. The van der Waals surface area contributed by atoms with Crippen molar-refractivity contribution in [1.82, 2.24) is 39.9 Å². The molecule has 7 aromatic rings. The van der Waals surface area contributed by atoms with E-state index in [-0.39, 0.29) is 145 Å². The minimum absolute atomic E-state index is 0. The monoisotopic (exact) mass is 1740 g/mol. The molecule has 13 rings (SSSR count). The van der Waals surface area contributed by atoms with Gasteiger partial charge in [0.25, 0.3) is 0 Å². The van der Waals surface area contributed by atoms with Crippen LogP contribution in [-0.2, 0) is 133 Å². The molecule has 658 valence electrons. The van der Waals surface area contributed by atoms with E-state index in [0.717, 1.165) is 0 Å². The Labute approximate surface area is 715 Å². The number of ether oxygens (including phenoxy) is 28. The maximum absolute atomic E-state index is 6.62. The molecule has 6 aliphatic heterocycles. The fraction of sp³-hybridized carbons (Fsp3) is 0.619. The van der Waals surface area contributed by atoms with Crippen LogP contribution in [-0.4, -0.2) is 371 Å².